The van der Waals surface area contributed by atoms with Crippen LogP contribution in [0.4, 0.5) is 5.69 Å². The van der Waals surface area contributed by atoms with Crippen molar-refractivity contribution in [2.45, 2.75) is 34.1 Å². The minimum Gasteiger partial charge on any atom is -0.274 e. The van der Waals surface area contributed by atoms with Crippen molar-refractivity contribution in [2.24, 2.45) is 11.8 Å². The summed E-state index contributed by atoms with van der Waals surface area (Å²) in [5.74, 6) is -0.758. The van der Waals surface area contributed by atoms with Gasteiger partial charge in [0.2, 0.25) is 11.8 Å². The fourth-order valence-corrected chi connectivity index (χ4v) is 3.30. The summed E-state index contributed by atoms with van der Waals surface area (Å²) in [6.07, 6.45) is 0.605. The van der Waals surface area contributed by atoms with Crippen LogP contribution in [0.2, 0.25) is 0 Å². The number of amides is 2. The first-order valence-corrected chi connectivity index (χ1v) is 8.39. The molecule has 2 amide bonds. The summed E-state index contributed by atoms with van der Waals surface area (Å²) in [6, 6.07) is 14.1. The quantitative estimate of drug-likeness (QED) is 0.802. The zero-order valence-corrected chi connectivity index (χ0v) is 14.7. The molecule has 2 aromatic rings. The topological polar surface area (TPSA) is 37.4 Å². The van der Waals surface area contributed by atoms with Crippen molar-refractivity contribution in [1.29, 1.82) is 0 Å². The molecule has 0 radical (unpaired) electrons. The number of aryl methyl sites for hydroxylation is 3. The third kappa shape index (κ3) is 2.86. The van der Waals surface area contributed by atoms with Gasteiger partial charge in [0.05, 0.1) is 11.6 Å². The van der Waals surface area contributed by atoms with Crippen LogP contribution in [-0.4, -0.2) is 11.8 Å². The number of rotatable bonds is 3. The second kappa shape index (κ2) is 6.23. The predicted molar refractivity (Wildman–Crippen MR) is 95.9 cm³/mol. The van der Waals surface area contributed by atoms with Crippen LogP contribution >= 0.6 is 0 Å². The van der Waals surface area contributed by atoms with E-state index in [1.54, 1.807) is 0 Å². The van der Waals surface area contributed by atoms with Crippen molar-refractivity contribution in [3.05, 3.63) is 64.7 Å². The molecule has 124 valence electrons. The zero-order valence-electron chi connectivity index (χ0n) is 14.7. The molecular formula is C21H23NO2. The Balaban J connectivity index is 1.91. The second-order valence-electron chi connectivity index (χ2n) is 6.89. The van der Waals surface area contributed by atoms with E-state index >= 15 is 0 Å². The van der Waals surface area contributed by atoms with E-state index in [-0.39, 0.29) is 23.7 Å². The number of hydrogen-bond acceptors (Lipinski definition) is 2. The lowest BCUT2D eigenvalue weighted by molar-refractivity contribution is -0.122. The van der Waals surface area contributed by atoms with Crippen LogP contribution in [-0.2, 0) is 16.0 Å². The van der Waals surface area contributed by atoms with Crippen LogP contribution in [0.3, 0.4) is 0 Å². The first-order chi connectivity index (χ1) is 11.4. The fraction of sp³-hybridized carbons (Fsp3) is 0.333. The smallest absolute Gasteiger partial charge is 0.238 e. The van der Waals surface area contributed by atoms with Crippen LogP contribution < -0.4 is 4.90 Å². The van der Waals surface area contributed by atoms with Gasteiger partial charge >= 0.3 is 0 Å². The third-order valence-corrected chi connectivity index (χ3v) is 4.93. The van der Waals surface area contributed by atoms with Gasteiger partial charge in [0, 0.05) is 5.92 Å². The summed E-state index contributed by atoms with van der Waals surface area (Å²) in [4.78, 5) is 27.1. The molecular weight excluding hydrogens is 298 g/mol. The van der Waals surface area contributed by atoms with Gasteiger partial charge in [-0.15, -0.1) is 0 Å². The monoisotopic (exact) mass is 321 g/mol. The van der Waals surface area contributed by atoms with Gasteiger partial charge in [0.25, 0.3) is 0 Å². The maximum atomic E-state index is 13.0. The fourth-order valence-electron chi connectivity index (χ4n) is 3.30. The van der Waals surface area contributed by atoms with Crippen molar-refractivity contribution in [2.75, 3.05) is 4.90 Å². The average Bonchev–Trinajstić information content (AvgIpc) is 2.76. The highest BCUT2D eigenvalue weighted by Gasteiger charge is 2.45. The van der Waals surface area contributed by atoms with Gasteiger partial charge in [0.1, 0.15) is 0 Å². The van der Waals surface area contributed by atoms with Crippen LogP contribution in [0.5, 0.6) is 0 Å². The number of anilines is 1. The number of carbonyl (C=O) groups excluding carboxylic acids is 2. The molecule has 0 saturated carbocycles. The highest BCUT2D eigenvalue weighted by atomic mass is 16.2. The maximum Gasteiger partial charge on any atom is 0.238 e. The minimum absolute atomic E-state index is 0.0817. The normalized spacial score (nSPS) is 20.8. The van der Waals surface area contributed by atoms with Gasteiger partial charge in [-0.3, -0.25) is 9.59 Å². The molecule has 2 atom stereocenters. The van der Waals surface area contributed by atoms with Gasteiger partial charge in [-0.1, -0.05) is 48.9 Å². The molecule has 0 aromatic heterocycles. The van der Waals surface area contributed by atoms with Gasteiger partial charge in [0.15, 0.2) is 0 Å². The van der Waals surface area contributed by atoms with E-state index < -0.39 is 0 Å². The van der Waals surface area contributed by atoms with Crippen molar-refractivity contribution in [3.63, 3.8) is 0 Å². The highest BCUT2D eigenvalue weighted by Crippen LogP contribution is 2.34. The minimum atomic E-state index is -0.293. The van der Waals surface area contributed by atoms with E-state index in [9.17, 15) is 9.59 Å². The summed E-state index contributed by atoms with van der Waals surface area (Å²) in [7, 11) is 0. The van der Waals surface area contributed by atoms with Crippen molar-refractivity contribution < 1.29 is 9.59 Å². The Morgan fingerprint density at radius 1 is 0.875 bits per heavy atom. The summed E-state index contributed by atoms with van der Waals surface area (Å²) < 4.78 is 0. The largest absolute Gasteiger partial charge is 0.274 e. The summed E-state index contributed by atoms with van der Waals surface area (Å²) in [5.41, 5.74) is 5.01. The molecule has 1 aliphatic heterocycles. The molecule has 1 aliphatic rings. The standard InChI is InChI=1S/C21H23NO2/c1-13-6-9-17(10-7-13)12-18-16(4)20(23)22(21(18)24)19-11-14(2)5-8-15(19)3/h5-11,16,18H,12H2,1-4H3/t16-,18+/m1/s1. The van der Waals surface area contributed by atoms with E-state index in [1.165, 1.54) is 10.5 Å². The average molecular weight is 321 g/mol. The molecule has 0 N–H and O–H groups in total. The van der Waals surface area contributed by atoms with Gasteiger partial charge in [-0.25, -0.2) is 4.90 Å². The van der Waals surface area contributed by atoms with Gasteiger partial charge < -0.3 is 0 Å². The van der Waals surface area contributed by atoms with E-state index in [4.69, 9.17) is 0 Å². The molecule has 1 heterocycles. The van der Waals surface area contributed by atoms with E-state index in [2.05, 4.69) is 0 Å². The van der Waals surface area contributed by atoms with E-state index in [0.717, 1.165) is 22.4 Å². The number of imide groups is 1. The third-order valence-electron chi connectivity index (χ3n) is 4.93. The van der Waals surface area contributed by atoms with Crippen molar-refractivity contribution in [3.8, 4) is 0 Å². The Kier molecular flexibility index (Phi) is 4.27. The lowest BCUT2D eigenvalue weighted by Crippen LogP contribution is -2.31. The molecule has 24 heavy (non-hydrogen) atoms. The van der Waals surface area contributed by atoms with Crippen molar-refractivity contribution >= 4 is 17.5 Å². The lowest BCUT2D eigenvalue weighted by Gasteiger charge is -2.18. The summed E-state index contributed by atoms with van der Waals surface area (Å²) in [6.45, 7) is 7.82. The summed E-state index contributed by atoms with van der Waals surface area (Å²) >= 11 is 0. The van der Waals surface area contributed by atoms with Gasteiger partial charge in [-0.05, 0) is 49.9 Å². The highest BCUT2D eigenvalue weighted by molar-refractivity contribution is 6.22. The molecule has 1 saturated heterocycles. The first kappa shape index (κ1) is 16.4. The summed E-state index contributed by atoms with van der Waals surface area (Å²) in [5, 5.41) is 0. The SMILES string of the molecule is Cc1ccc(C[C@@H]2C(=O)N(c3cc(C)ccc3C)C(=O)[C@@H]2C)cc1. The Morgan fingerprint density at radius 2 is 1.50 bits per heavy atom. The van der Waals surface area contributed by atoms with Gasteiger partial charge in [-0.2, -0.15) is 0 Å². The zero-order chi connectivity index (χ0) is 17.4. The molecule has 0 bridgehead atoms. The van der Waals surface area contributed by atoms with Crippen LogP contribution in [0, 0.1) is 32.6 Å². The Hall–Kier alpha value is -2.42. The number of hydrogen-bond donors (Lipinski definition) is 0. The maximum absolute atomic E-state index is 13.0. The lowest BCUT2D eigenvalue weighted by atomic mass is 9.90. The molecule has 3 rings (SSSR count). The van der Waals surface area contributed by atoms with Crippen molar-refractivity contribution in [1.82, 2.24) is 0 Å². The van der Waals surface area contributed by atoms with Crippen LogP contribution in [0.25, 0.3) is 0 Å². The predicted octanol–water partition coefficient (Wildman–Crippen LogP) is 3.98. The molecule has 0 unspecified atom stereocenters. The Bertz CT molecular complexity index is 792. The van der Waals surface area contributed by atoms with E-state index in [0.29, 0.717) is 6.42 Å². The molecule has 3 heteroatoms. The molecule has 0 spiro atoms. The van der Waals surface area contributed by atoms with Crippen LogP contribution in [0.1, 0.15) is 29.2 Å². The molecule has 0 aliphatic carbocycles. The number of nitrogens with zero attached hydrogens (tertiary/aromatic N) is 1. The molecule has 3 nitrogen and oxygen atoms in total. The van der Waals surface area contributed by atoms with Crippen LogP contribution in [0.15, 0.2) is 42.5 Å². The number of benzene rings is 2. The second-order valence-corrected chi connectivity index (χ2v) is 6.89. The molecule has 1 fully saturated rings. The Morgan fingerprint density at radius 3 is 2.17 bits per heavy atom. The first-order valence-electron chi connectivity index (χ1n) is 8.39. The van der Waals surface area contributed by atoms with E-state index in [1.807, 2.05) is 70.2 Å². The Labute approximate surface area is 143 Å². The molecule has 2 aromatic carbocycles. The number of carbonyl (C=O) groups is 2.